The van der Waals surface area contributed by atoms with Crippen LogP contribution >= 0.6 is 0 Å². The quantitative estimate of drug-likeness (QED) is 0.941. The van der Waals surface area contributed by atoms with Crippen LogP contribution in [0, 0.1) is 13.8 Å². The number of rotatable bonds is 4. The molecule has 0 spiro atoms. The molecule has 1 N–H and O–H groups in total. The second-order valence-electron chi connectivity index (χ2n) is 6.38. The zero-order valence-electron chi connectivity index (χ0n) is 13.7. The van der Waals surface area contributed by atoms with Gasteiger partial charge in [-0.1, -0.05) is 0 Å². The largest absolute Gasteiger partial charge is 0.477 e. The van der Waals surface area contributed by atoms with Crippen LogP contribution < -0.4 is 4.90 Å². The van der Waals surface area contributed by atoms with Gasteiger partial charge in [-0.2, -0.15) is 0 Å². The Kier molecular flexibility index (Phi) is 4.37. The average molecular weight is 313 g/mol. The Morgan fingerprint density at radius 1 is 1.13 bits per heavy atom. The van der Waals surface area contributed by atoms with Gasteiger partial charge in [-0.3, -0.25) is 0 Å². The maximum Gasteiger partial charge on any atom is 0.352 e. The van der Waals surface area contributed by atoms with E-state index in [4.69, 9.17) is 4.98 Å². The molecule has 0 aliphatic carbocycles. The number of hydrogen-bond acceptors (Lipinski definition) is 3. The maximum atomic E-state index is 11.4. The standard InChI is InChI=1S/C18H23N3O2/c1-13-8-15(12-21-11-14(2)9-16(21)18(22)23)19-17(10-13)20-6-4-3-5-7-20/h8-11H,3-7,12H2,1-2H3,(H,22,23). The predicted molar refractivity (Wildman–Crippen MR) is 90.3 cm³/mol. The molecule has 0 amide bonds. The summed E-state index contributed by atoms with van der Waals surface area (Å²) in [5.74, 6) is 0.113. The minimum absolute atomic E-state index is 0.310. The lowest BCUT2D eigenvalue weighted by atomic mass is 10.1. The Balaban J connectivity index is 1.88. The molecular formula is C18H23N3O2. The Morgan fingerprint density at radius 3 is 2.57 bits per heavy atom. The molecule has 0 unspecified atom stereocenters. The highest BCUT2D eigenvalue weighted by Crippen LogP contribution is 2.20. The van der Waals surface area contributed by atoms with Crippen molar-refractivity contribution >= 4 is 11.8 Å². The number of aryl methyl sites for hydroxylation is 2. The first kappa shape index (κ1) is 15.6. The van der Waals surface area contributed by atoms with E-state index in [9.17, 15) is 9.90 Å². The first-order valence-electron chi connectivity index (χ1n) is 8.15. The van der Waals surface area contributed by atoms with Gasteiger partial charge in [-0.15, -0.1) is 0 Å². The Labute approximate surface area is 136 Å². The van der Waals surface area contributed by atoms with E-state index < -0.39 is 5.97 Å². The van der Waals surface area contributed by atoms with Gasteiger partial charge < -0.3 is 14.6 Å². The Morgan fingerprint density at radius 2 is 1.87 bits per heavy atom. The molecule has 0 aromatic carbocycles. The van der Waals surface area contributed by atoms with Gasteiger partial charge in [-0.25, -0.2) is 9.78 Å². The van der Waals surface area contributed by atoms with Crippen molar-refractivity contribution in [3.05, 3.63) is 46.9 Å². The molecule has 5 nitrogen and oxygen atoms in total. The number of carbonyl (C=O) groups is 1. The van der Waals surface area contributed by atoms with Gasteiger partial charge in [0.15, 0.2) is 0 Å². The van der Waals surface area contributed by atoms with E-state index in [0.717, 1.165) is 35.7 Å². The summed E-state index contributed by atoms with van der Waals surface area (Å²) >= 11 is 0. The van der Waals surface area contributed by atoms with E-state index in [0.29, 0.717) is 12.2 Å². The van der Waals surface area contributed by atoms with E-state index in [-0.39, 0.29) is 0 Å². The summed E-state index contributed by atoms with van der Waals surface area (Å²) in [6.07, 6.45) is 5.59. The van der Waals surface area contributed by atoms with Crippen molar-refractivity contribution in [1.82, 2.24) is 9.55 Å². The van der Waals surface area contributed by atoms with Gasteiger partial charge in [0.2, 0.25) is 0 Å². The van der Waals surface area contributed by atoms with Crippen LogP contribution in [-0.2, 0) is 6.54 Å². The molecule has 1 fully saturated rings. The third-order valence-electron chi connectivity index (χ3n) is 4.27. The highest BCUT2D eigenvalue weighted by Gasteiger charge is 2.15. The van der Waals surface area contributed by atoms with Crippen molar-refractivity contribution in [2.75, 3.05) is 18.0 Å². The van der Waals surface area contributed by atoms with Gasteiger partial charge in [0, 0.05) is 19.3 Å². The number of hydrogen-bond donors (Lipinski definition) is 1. The molecule has 0 saturated carbocycles. The van der Waals surface area contributed by atoms with Crippen LogP contribution in [-0.4, -0.2) is 33.7 Å². The van der Waals surface area contributed by atoms with E-state index >= 15 is 0 Å². The summed E-state index contributed by atoms with van der Waals surface area (Å²) < 4.78 is 1.76. The van der Waals surface area contributed by atoms with Crippen molar-refractivity contribution < 1.29 is 9.90 Å². The molecule has 1 saturated heterocycles. The summed E-state index contributed by atoms with van der Waals surface area (Å²) in [4.78, 5) is 18.5. The Bertz CT molecular complexity index is 715. The SMILES string of the molecule is Cc1cc(Cn2cc(C)cc2C(=O)O)nc(N2CCCCC2)c1. The molecule has 0 bridgehead atoms. The molecule has 2 aromatic rings. The van der Waals surface area contributed by atoms with Gasteiger partial charge in [-0.05, 0) is 62.4 Å². The van der Waals surface area contributed by atoms with Crippen LogP contribution in [0.25, 0.3) is 0 Å². The minimum atomic E-state index is -0.901. The van der Waals surface area contributed by atoms with Gasteiger partial charge in [0.1, 0.15) is 11.5 Å². The predicted octanol–water partition coefficient (Wildman–Crippen LogP) is 3.24. The molecule has 23 heavy (non-hydrogen) atoms. The van der Waals surface area contributed by atoms with Crippen LogP contribution in [0.5, 0.6) is 0 Å². The van der Waals surface area contributed by atoms with Crippen molar-refractivity contribution in [2.24, 2.45) is 0 Å². The number of anilines is 1. The van der Waals surface area contributed by atoms with Crippen LogP contribution in [0.4, 0.5) is 5.82 Å². The molecule has 3 heterocycles. The van der Waals surface area contributed by atoms with E-state index in [1.807, 2.05) is 19.2 Å². The highest BCUT2D eigenvalue weighted by molar-refractivity contribution is 5.86. The molecule has 0 atom stereocenters. The molecule has 5 heteroatoms. The van der Waals surface area contributed by atoms with Crippen LogP contribution in [0.2, 0.25) is 0 Å². The van der Waals surface area contributed by atoms with Crippen molar-refractivity contribution in [3.8, 4) is 0 Å². The van der Waals surface area contributed by atoms with Crippen molar-refractivity contribution in [3.63, 3.8) is 0 Å². The lowest BCUT2D eigenvalue weighted by Crippen LogP contribution is -2.30. The van der Waals surface area contributed by atoms with Crippen LogP contribution in [0.15, 0.2) is 24.4 Å². The maximum absolute atomic E-state index is 11.4. The third-order valence-corrected chi connectivity index (χ3v) is 4.27. The summed E-state index contributed by atoms with van der Waals surface area (Å²) in [5.41, 5.74) is 3.33. The fraction of sp³-hybridized carbons (Fsp3) is 0.444. The second-order valence-corrected chi connectivity index (χ2v) is 6.38. The van der Waals surface area contributed by atoms with Crippen molar-refractivity contribution in [1.29, 1.82) is 0 Å². The fourth-order valence-corrected chi connectivity index (χ4v) is 3.23. The molecule has 122 valence electrons. The smallest absolute Gasteiger partial charge is 0.352 e. The highest BCUT2D eigenvalue weighted by atomic mass is 16.4. The first-order valence-corrected chi connectivity index (χ1v) is 8.15. The number of pyridine rings is 1. The molecule has 3 rings (SSSR count). The Hall–Kier alpha value is -2.30. The molecule has 0 radical (unpaired) electrons. The van der Waals surface area contributed by atoms with Gasteiger partial charge in [0.25, 0.3) is 0 Å². The molecule has 2 aromatic heterocycles. The van der Waals surface area contributed by atoms with Gasteiger partial charge in [0.05, 0.1) is 12.2 Å². The lowest BCUT2D eigenvalue weighted by Gasteiger charge is -2.28. The number of aromatic nitrogens is 2. The van der Waals surface area contributed by atoms with E-state index in [1.54, 1.807) is 10.6 Å². The lowest BCUT2D eigenvalue weighted by molar-refractivity contribution is 0.0685. The number of nitrogens with zero attached hydrogens (tertiary/aromatic N) is 3. The number of carboxylic acid groups (broad SMARTS) is 1. The minimum Gasteiger partial charge on any atom is -0.477 e. The summed E-state index contributed by atoms with van der Waals surface area (Å²) in [7, 11) is 0. The van der Waals surface area contributed by atoms with E-state index in [2.05, 4.69) is 17.9 Å². The summed E-state index contributed by atoms with van der Waals surface area (Å²) in [6.45, 7) is 6.57. The summed E-state index contributed by atoms with van der Waals surface area (Å²) in [6, 6.07) is 5.85. The molecular weight excluding hydrogens is 290 g/mol. The first-order chi connectivity index (χ1) is 11.0. The summed E-state index contributed by atoms with van der Waals surface area (Å²) in [5, 5.41) is 9.32. The zero-order valence-corrected chi connectivity index (χ0v) is 13.7. The number of carboxylic acids is 1. The third kappa shape index (κ3) is 3.55. The topological polar surface area (TPSA) is 58.4 Å². The van der Waals surface area contributed by atoms with Crippen molar-refractivity contribution in [2.45, 2.75) is 39.7 Å². The number of piperidine rings is 1. The monoisotopic (exact) mass is 313 g/mol. The molecule has 1 aliphatic heterocycles. The second kappa shape index (κ2) is 6.44. The zero-order chi connectivity index (χ0) is 16.4. The normalized spacial score (nSPS) is 15.0. The molecule has 1 aliphatic rings. The number of aromatic carboxylic acids is 1. The fourth-order valence-electron chi connectivity index (χ4n) is 3.23. The van der Waals surface area contributed by atoms with Crippen LogP contribution in [0.1, 0.15) is 46.6 Å². The van der Waals surface area contributed by atoms with Crippen LogP contribution in [0.3, 0.4) is 0 Å². The van der Waals surface area contributed by atoms with E-state index in [1.165, 1.54) is 19.3 Å². The average Bonchev–Trinajstić information content (AvgIpc) is 2.88. The van der Waals surface area contributed by atoms with Gasteiger partial charge >= 0.3 is 5.97 Å².